The van der Waals surface area contributed by atoms with Crippen molar-refractivity contribution >= 4 is 16.9 Å². The lowest BCUT2D eigenvalue weighted by Gasteiger charge is -2.30. The summed E-state index contributed by atoms with van der Waals surface area (Å²) in [5.41, 5.74) is 3.12. The molecule has 5 nitrogen and oxygen atoms in total. The van der Waals surface area contributed by atoms with Gasteiger partial charge in [-0.2, -0.15) is 0 Å². The molecule has 3 aromatic rings. The summed E-state index contributed by atoms with van der Waals surface area (Å²) in [7, 11) is 1.67. The Morgan fingerprint density at radius 1 is 1.07 bits per heavy atom. The quantitative estimate of drug-likeness (QED) is 0.749. The molecule has 138 valence electrons. The Morgan fingerprint density at radius 2 is 1.78 bits per heavy atom. The second-order valence-corrected chi connectivity index (χ2v) is 7.14. The van der Waals surface area contributed by atoms with Crippen LogP contribution < -0.4 is 10.1 Å². The molecule has 2 aromatic carbocycles. The highest BCUT2D eigenvalue weighted by atomic mass is 16.5. The van der Waals surface area contributed by atoms with Crippen molar-refractivity contribution in [1.29, 1.82) is 0 Å². The predicted octanol–water partition coefficient (Wildman–Crippen LogP) is 3.88. The molecule has 1 aliphatic rings. The van der Waals surface area contributed by atoms with E-state index in [1.807, 2.05) is 36.4 Å². The number of fused-ring (bicyclic) bond motifs is 1. The van der Waals surface area contributed by atoms with E-state index in [9.17, 15) is 4.79 Å². The number of carbonyl (C=O) groups is 1. The van der Waals surface area contributed by atoms with Gasteiger partial charge in [0.05, 0.1) is 24.3 Å². The van der Waals surface area contributed by atoms with Gasteiger partial charge in [-0.25, -0.2) is 4.98 Å². The topological polar surface area (TPSA) is 64.1 Å². The normalized spacial score (nSPS) is 15.6. The number of methoxy groups -OCH3 is 1. The van der Waals surface area contributed by atoms with Crippen molar-refractivity contribution in [3.8, 4) is 5.75 Å². The number of ether oxygens (including phenoxy) is 1. The molecule has 4 rings (SSSR count). The number of benzene rings is 2. The molecule has 0 unspecified atom stereocenters. The molecule has 0 radical (unpaired) electrons. The highest BCUT2D eigenvalue weighted by Gasteiger charge is 2.36. The van der Waals surface area contributed by atoms with Gasteiger partial charge >= 0.3 is 0 Å². The zero-order chi connectivity index (χ0) is 18.7. The summed E-state index contributed by atoms with van der Waals surface area (Å²) in [5.74, 6) is 0.676. The fraction of sp³-hybridized carbons (Fsp3) is 0.318. The average Bonchev–Trinajstić information content (AvgIpc) is 3.22. The smallest absolute Gasteiger partial charge is 0.271 e. The highest BCUT2D eigenvalue weighted by molar-refractivity contribution is 5.93. The van der Waals surface area contributed by atoms with Crippen LogP contribution in [0.25, 0.3) is 11.0 Å². The molecule has 1 N–H and O–H groups in total. The van der Waals surface area contributed by atoms with Crippen molar-refractivity contribution in [2.24, 2.45) is 0 Å². The maximum atomic E-state index is 12.7. The van der Waals surface area contributed by atoms with Crippen LogP contribution in [-0.2, 0) is 5.41 Å². The van der Waals surface area contributed by atoms with E-state index < -0.39 is 0 Å². The fourth-order valence-electron chi connectivity index (χ4n) is 3.97. The standard InChI is InChI=1S/C22H23N3O2/c1-27-17-10-8-16(9-11-17)22(12-4-5-13-22)15-24-21(26)20-14-23-18-6-2-3-7-19(18)25-20/h2-3,6-11,14H,4-5,12-13,15H2,1H3,(H,24,26). The number of para-hydroxylation sites is 2. The van der Waals surface area contributed by atoms with Crippen molar-refractivity contribution in [3.05, 3.63) is 66.0 Å². The largest absolute Gasteiger partial charge is 0.497 e. The Labute approximate surface area is 158 Å². The van der Waals surface area contributed by atoms with Gasteiger partial charge in [-0.05, 0) is 42.7 Å². The SMILES string of the molecule is COc1ccc(C2(CNC(=O)c3cnc4ccccc4n3)CCCC2)cc1. The zero-order valence-electron chi connectivity index (χ0n) is 15.4. The second-order valence-electron chi connectivity index (χ2n) is 7.14. The molecular weight excluding hydrogens is 338 g/mol. The monoisotopic (exact) mass is 361 g/mol. The van der Waals surface area contributed by atoms with E-state index in [1.165, 1.54) is 18.4 Å². The van der Waals surface area contributed by atoms with Crippen molar-refractivity contribution in [2.75, 3.05) is 13.7 Å². The summed E-state index contributed by atoms with van der Waals surface area (Å²) in [4.78, 5) is 21.5. The average molecular weight is 361 g/mol. The minimum absolute atomic E-state index is 0.0216. The van der Waals surface area contributed by atoms with Crippen molar-refractivity contribution < 1.29 is 9.53 Å². The molecule has 0 bridgehead atoms. The molecule has 1 saturated carbocycles. The Hall–Kier alpha value is -2.95. The minimum atomic E-state index is -0.173. The molecule has 27 heavy (non-hydrogen) atoms. The van der Waals surface area contributed by atoms with Gasteiger partial charge in [-0.1, -0.05) is 37.1 Å². The van der Waals surface area contributed by atoms with Crippen LogP contribution in [0.1, 0.15) is 41.7 Å². The fourth-order valence-corrected chi connectivity index (χ4v) is 3.97. The summed E-state index contributed by atoms with van der Waals surface area (Å²) >= 11 is 0. The Bertz CT molecular complexity index is 947. The molecule has 1 fully saturated rings. The van der Waals surface area contributed by atoms with Gasteiger partial charge in [0, 0.05) is 12.0 Å². The lowest BCUT2D eigenvalue weighted by Crippen LogP contribution is -2.39. The van der Waals surface area contributed by atoms with Crippen LogP contribution >= 0.6 is 0 Å². The summed E-state index contributed by atoms with van der Waals surface area (Å²) in [6.45, 7) is 0.604. The first-order valence-electron chi connectivity index (χ1n) is 9.35. The number of rotatable bonds is 5. The first-order chi connectivity index (χ1) is 13.2. The van der Waals surface area contributed by atoms with Crippen LogP contribution in [0.15, 0.2) is 54.7 Å². The molecule has 1 heterocycles. The van der Waals surface area contributed by atoms with Crippen LogP contribution in [0.4, 0.5) is 0 Å². The van der Waals surface area contributed by atoms with E-state index >= 15 is 0 Å². The van der Waals surface area contributed by atoms with Crippen molar-refractivity contribution in [3.63, 3.8) is 0 Å². The van der Waals surface area contributed by atoms with E-state index in [-0.39, 0.29) is 11.3 Å². The predicted molar refractivity (Wildman–Crippen MR) is 105 cm³/mol. The van der Waals surface area contributed by atoms with Crippen LogP contribution in [0.5, 0.6) is 5.75 Å². The van der Waals surface area contributed by atoms with Crippen LogP contribution in [0.2, 0.25) is 0 Å². The second kappa shape index (κ2) is 7.35. The third-order valence-electron chi connectivity index (χ3n) is 5.53. The number of nitrogens with zero attached hydrogens (tertiary/aromatic N) is 2. The number of aromatic nitrogens is 2. The van der Waals surface area contributed by atoms with Gasteiger partial charge in [-0.15, -0.1) is 0 Å². The van der Waals surface area contributed by atoms with Gasteiger partial charge in [-0.3, -0.25) is 9.78 Å². The molecule has 5 heteroatoms. The third kappa shape index (κ3) is 3.50. The molecule has 0 aliphatic heterocycles. The third-order valence-corrected chi connectivity index (χ3v) is 5.53. The lowest BCUT2D eigenvalue weighted by atomic mass is 9.78. The molecule has 1 amide bonds. The summed E-state index contributed by atoms with van der Waals surface area (Å²) in [6.07, 6.45) is 6.05. The molecular formula is C22H23N3O2. The van der Waals surface area contributed by atoms with Gasteiger partial charge in [0.2, 0.25) is 0 Å². The molecule has 0 spiro atoms. The highest BCUT2D eigenvalue weighted by Crippen LogP contribution is 2.41. The zero-order valence-corrected chi connectivity index (χ0v) is 15.4. The molecule has 1 aromatic heterocycles. The number of amides is 1. The summed E-state index contributed by atoms with van der Waals surface area (Å²) in [6, 6.07) is 15.8. The number of hydrogen-bond acceptors (Lipinski definition) is 4. The first-order valence-corrected chi connectivity index (χ1v) is 9.35. The lowest BCUT2D eigenvalue weighted by molar-refractivity contribution is 0.0938. The van der Waals surface area contributed by atoms with E-state index in [1.54, 1.807) is 13.3 Å². The maximum Gasteiger partial charge on any atom is 0.271 e. The summed E-state index contributed by atoms with van der Waals surface area (Å²) in [5, 5.41) is 3.10. The summed E-state index contributed by atoms with van der Waals surface area (Å²) < 4.78 is 5.27. The van der Waals surface area contributed by atoms with Crippen LogP contribution in [0.3, 0.4) is 0 Å². The van der Waals surface area contributed by atoms with Crippen molar-refractivity contribution in [2.45, 2.75) is 31.1 Å². The first kappa shape index (κ1) is 17.5. The van der Waals surface area contributed by atoms with Gasteiger partial charge in [0.25, 0.3) is 5.91 Å². The van der Waals surface area contributed by atoms with Gasteiger partial charge < -0.3 is 10.1 Å². The molecule has 1 aliphatic carbocycles. The van der Waals surface area contributed by atoms with E-state index in [2.05, 4.69) is 27.4 Å². The molecule has 0 saturated heterocycles. The number of carbonyl (C=O) groups excluding carboxylic acids is 1. The van der Waals surface area contributed by atoms with Crippen molar-refractivity contribution in [1.82, 2.24) is 15.3 Å². The van der Waals surface area contributed by atoms with E-state index in [4.69, 9.17) is 4.74 Å². The molecule has 0 atom stereocenters. The van der Waals surface area contributed by atoms with Crippen LogP contribution in [-0.4, -0.2) is 29.5 Å². The van der Waals surface area contributed by atoms with Crippen LogP contribution in [0, 0.1) is 0 Å². The Morgan fingerprint density at radius 3 is 2.48 bits per heavy atom. The van der Waals surface area contributed by atoms with E-state index in [0.29, 0.717) is 12.2 Å². The van der Waals surface area contributed by atoms with Gasteiger partial charge in [0.15, 0.2) is 0 Å². The minimum Gasteiger partial charge on any atom is -0.497 e. The maximum absolute atomic E-state index is 12.7. The Balaban J connectivity index is 1.52. The Kier molecular flexibility index (Phi) is 4.75. The van der Waals surface area contributed by atoms with Gasteiger partial charge in [0.1, 0.15) is 11.4 Å². The number of hydrogen-bond donors (Lipinski definition) is 1. The van der Waals surface area contributed by atoms with E-state index in [0.717, 1.165) is 29.6 Å². The number of nitrogens with one attached hydrogen (secondary N) is 1.